The van der Waals surface area contributed by atoms with Crippen LogP contribution in [0.2, 0.25) is 30.7 Å². The third-order valence-corrected chi connectivity index (χ3v) is 8.85. The maximum atomic E-state index is 13.6. The average molecular weight is 503 g/mol. The lowest BCUT2D eigenvalue weighted by Crippen LogP contribution is -2.41. The minimum Gasteiger partial charge on any atom is -0.399 e. The molecule has 0 unspecified atom stereocenters. The molecule has 1 saturated heterocycles. The Balaban J connectivity index is 1.75. The molecule has 9 heteroatoms. The SMILES string of the molecule is CC1(C)OB(c2cnc3c(c(-c4ccc(F)cc4)cn3COCC[Si](C)(C)C)c2Cl)OC1(C)C. The third kappa shape index (κ3) is 4.97. The molecule has 3 aromatic rings. The molecule has 1 fully saturated rings. The van der Waals surface area contributed by atoms with Gasteiger partial charge in [-0.15, -0.1) is 0 Å². The van der Waals surface area contributed by atoms with Crippen LogP contribution in [0.15, 0.2) is 36.7 Å². The second-order valence-corrected chi connectivity index (χ2v) is 17.2. The standard InChI is InChI=1S/C25H33BClFN2O3Si/c1-24(2)25(3,4)33-26(32-24)20-14-29-23-21(22(20)27)19(17-8-10-18(28)11-9-17)15-30(23)16-31-12-13-34(5,6)7/h8-11,14-15H,12-13,16H2,1-7H3. The second kappa shape index (κ2) is 9.06. The van der Waals surface area contributed by atoms with E-state index in [1.165, 1.54) is 12.1 Å². The Morgan fingerprint density at radius 3 is 2.29 bits per heavy atom. The molecule has 0 aliphatic carbocycles. The molecule has 0 radical (unpaired) electrons. The number of hydrogen-bond donors (Lipinski definition) is 0. The molecule has 5 nitrogen and oxygen atoms in total. The summed E-state index contributed by atoms with van der Waals surface area (Å²) in [6.45, 7) is 16.1. The maximum absolute atomic E-state index is 13.6. The number of aromatic nitrogens is 2. The summed E-state index contributed by atoms with van der Waals surface area (Å²) >= 11 is 7.01. The number of hydrogen-bond acceptors (Lipinski definition) is 4. The quantitative estimate of drug-likeness (QED) is 0.289. The van der Waals surface area contributed by atoms with E-state index >= 15 is 0 Å². The Hall–Kier alpha value is -1.71. The normalized spacial score (nSPS) is 17.6. The lowest BCUT2D eigenvalue weighted by molar-refractivity contribution is 0.00578. The van der Waals surface area contributed by atoms with Crippen molar-refractivity contribution >= 4 is 43.3 Å². The van der Waals surface area contributed by atoms with Crippen LogP contribution in [0.25, 0.3) is 22.2 Å². The summed E-state index contributed by atoms with van der Waals surface area (Å²) in [6.07, 6.45) is 3.69. The van der Waals surface area contributed by atoms with Gasteiger partial charge in [0.2, 0.25) is 0 Å². The fourth-order valence-electron chi connectivity index (χ4n) is 3.85. The molecule has 34 heavy (non-hydrogen) atoms. The van der Waals surface area contributed by atoms with Gasteiger partial charge in [0.15, 0.2) is 0 Å². The Bertz CT molecular complexity index is 1180. The van der Waals surface area contributed by atoms with Gasteiger partial charge in [0, 0.05) is 43.5 Å². The van der Waals surface area contributed by atoms with E-state index in [0.717, 1.165) is 22.6 Å². The molecule has 3 heterocycles. The van der Waals surface area contributed by atoms with E-state index in [2.05, 4.69) is 19.6 Å². The van der Waals surface area contributed by atoms with E-state index in [-0.39, 0.29) is 5.82 Å². The van der Waals surface area contributed by atoms with Gasteiger partial charge in [0.25, 0.3) is 0 Å². The summed E-state index contributed by atoms with van der Waals surface area (Å²) in [5.41, 5.74) is 2.10. The fourth-order valence-corrected chi connectivity index (χ4v) is 4.94. The van der Waals surface area contributed by atoms with Crippen molar-refractivity contribution in [3.63, 3.8) is 0 Å². The lowest BCUT2D eigenvalue weighted by atomic mass is 9.79. The van der Waals surface area contributed by atoms with E-state index in [1.807, 2.05) is 38.5 Å². The highest BCUT2D eigenvalue weighted by Crippen LogP contribution is 2.39. The van der Waals surface area contributed by atoms with Crippen LogP contribution in [0, 0.1) is 5.82 Å². The van der Waals surface area contributed by atoms with Gasteiger partial charge in [-0.25, -0.2) is 9.37 Å². The number of benzene rings is 1. The predicted molar refractivity (Wildman–Crippen MR) is 140 cm³/mol. The molecule has 182 valence electrons. The molecular formula is C25H33BClFN2O3Si. The van der Waals surface area contributed by atoms with Crippen molar-refractivity contribution in [2.24, 2.45) is 0 Å². The monoisotopic (exact) mass is 502 g/mol. The van der Waals surface area contributed by atoms with Gasteiger partial charge in [-0.2, -0.15) is 0 Å². The summed E-state index contributed by atoms with van der Waals surface area (Å²) in [4.78, 5) is 4.75. The third-order valence-electron chi connectivity index (χ3n) is 6.74. The summed E-state index contributed by atoms with van der Waals surface area (Å²) in [5, 5.41) is 1.29. The zero-order valence-corrected chi connectivity index (χ0v) is 22.8. The van der Waals surface area contributed by atoms with Crippen LogP contribution >= 0.6 is 11.6 Å². The number of pyridine rings is 1. The molecule has 0 bridgehead atoms. The van der Waals surface area contributed by atoms with Crippen molar-refractivity contribution in [3.05, 3.63) is 47.5 Å². The minimum absolute atomic E-state index is 0.288. The van der Waals surface area contributed by atoms with Crippen LogP contribution in [-0.4, -0.2) is 42.6 Å². The summed E-state index contributed by atoms with van der Waals surface area (Å²) in [5.74, 6) is -0.288. The summed E-state index contributed by atoms with van der Waals surface area (Å²) < 4.78 is 34.1. The number of fused-ring (bicyclic) bond motifs is 1. The highest BCUT2D eigenvalue weighted by atomic mass is 35.5. The lowest BCUT2D eigenvalue weighted by Gasteiger charge is -2.32. The van der Waals surface area contributed by atoms with Gasteiger partial charge < -0.3 is 18.6 Å². The van der Waals surface area contributed by atoms with Crippen LogP contribution in [-0.2, 0) is 20.8 Å². The van der Waals surface area contributed by atoms with Crippen LogP contribution in [0.1, 0.15) is 27.7 Å². The van der Waals surface area contributed by atoms with Crippen LogP contribution in [0.3, 0.4) is 0 Å². The van der Waals surface area contributed by atoms with E-state index < -0.39 is 26.4 Å². The maximum Gasteiger partial charge on any atom is 0.497 e. The van der Waals surface area contributed by atoms with Crippen LogP contribution in [0.4, 0.5) is 4.39 Å². The van der Waals surface area contributed by atoms with Crippen molar-refractivity contribution in [1.29, 1.82) is 0 Å². The van der Waals surface area contributed by atoms with E-state index in [9.17, 15) is 4.39 Å². The molecule has 2 aromatic heterocycles. The van der Waals surface area contributed by atoms with Gasteiger partial charge in [-0.1, -0.05) is 43.4 Å². The molecular weight excluding hydrogens is 470 g/mol. The highest BCUT2D eigenvalue weighted by molar-refractivity contribution is 6.76. The average Bonchev–Trinajstić information content (AvgIpc) is 3.19. The molecule has 0 N–H and O–H groups in total. The molecule has 0 spiro atoms. The molecule has 0 amide bonds. The van der Waals surface area contributed by atoms with E-state index in [0.29, 0.717) is 29.5 Å². The van der Waals surface area contributed by atoms with Crippen molar-refractivity contribution in [2.75, 3.05) is 6.61 Å². The number of rotatable bonds is 7. The first-order chi connectivity index (χ1) is 15.8. The van der Waals surface area contributed by atoms with E-state index in [4.69, 9.17) is 30.6 Å². The second-order valence-electron chi connectivity index (χ2n) is 11.2. The van der Waals surface area contributed by atoms with E-state index in [1.54, 1.807) is 18.3 Å². The van der Waals surface area contributed by atoms with Crippen molar-refractivity contribution in [2.45, 2.75) is 71.3 Å². The van der Waals surface area contributed by atoms with Gasteiger partial charge in [-0.3, -0.25) is 0 Å². The molecule has 1 aliphatic heterocycles. The first-order valence-corrected chi connectivity index (χ1v) is 15.7. The van der Waals surface area contributed by atoms with Gasteiger partial charge >= 0.3 is 7.12 Å². The van der Waals surface area contributed by atoms with Crippen LogP contribution < -0.4 is 5.46 Å². The summed E-state index contributed by atoms with van der Waals surface area (Å²) in [7, 11) is -1.82. The zero-order chi connectivity index (χ0) is 24.9. The Morgan fingerprint density at radius 1 is 1.09 bits per heavy atom. The van der Waals surface area contributed by atoms with Gasteiger partial charge in [-0.05, 0) is 51.4 Å². The number of nitrogens with zero attached hydrogens (tertiary/aromatic N) is 2. The Kier molecular flexibility index (Phi) is 6.77. The Labute approximate surface area is 207 Å². The first-order valence-electron chi connectivity index (χ1n) is 11.7. The molecule has 0 saturated carbocycles. The minimum atomic E-state index is -1.19. The van der Waals surface area contributed by atoms with Gasteiger partial charge in [0.05, 0.1) is 16.2 Å². The highest BCUT2D eigenvalue weighted by Gasteiger charge is 2.52. The van der Waals surface area contributed by atoms with Crippen molar-refractivity contribution in [1.82, 2.24) is 9.55 Å². The molecule has 0 atom stereocenters. The van der Waals surface area contributed by atoms with Crippen molar-refractivity contribution in [3.8, 4) is 11.1 Å². The largest absolute Gasteiger partial charge is 0.497 e. The Morgan fingerprint density at radius 2 is 1.71 bits per heavy atom. The molecule has 4 rings (SSSR count). The van der Waals surface area contributed by atoms with Crippen LogP contribution in [0.5, 0.6) is 0 Å². The number of ether oxygens (including phenoxy) is 1. The smallest absolute Gasteiger partial charge is 0.399 e. The van der Waals surface area contributed by atoms with Crippen molar-refractivity contribution < 1.29 is 18.4 Å². The number of halogens is 2. The first kappa shape index (κ1) is 25.4. The predicted octanol–water partition coefficient (Wildman–Crippen LogP) is 6.11. The summed E-state index contributed by atoms with van der Waals surface area (Å²) in [6, 6.07) is 7.47. The molecule has 1 aliphatic rings. The topological polar surface area (TPSA) is 45.5 Å². The zero-order valence-electron chi connectivity index (χ0n) is 21.0. The fraction of sp³-hybridized carbons (Fsp3) is 0.480. The molecule has 1 aromatic carbocycles. The van der Waals surface area contributed by atoms with Gasteiger partial charge in [0.1, 0.15) is 18.2 Å².